The molecule has 0 unspecified atom stereocenters. The summed E-state index contributed by atoms with van der Waals surface area (Å²) in [7, 11) is 0. The molecule has 30 heavy (non-hydrogen) atoms. The minimum absolute atomic E-state index is 0.139. The first-order chi connectivity index (χ1) is 14.4. The Bertz CT molecular complexity index is 1230. The Hall–Kier alpha value is -3.67. The number of ether oxygens (including phenoxy) is 1. The van der Waals surface area contributed by atoms with Crippen molar-refractivity contribution < 1.29 is 9.53 Å². The van der Waals surface area contributed by atoms with Crippen LogP contribution in [-0.2, 0) is 0 Å². The second-order valence-electron chi connectivity index (χ2n) is 7.33. The number of carbonyl (C=O) groups is 1. The van der Waals surface area contributed by atoms with Crippen molar-refractivity contribution in [1.29, 1.82) is 0 Å². The lowest BCUT2D eigenvalue weighted by molar-refractivity contribution is 0.102. The highest BCUT2D eigenvalue weighted by Crippen LogP contribution is 2.23. The lowest BCUT2D eigenvalue weighted by Crippen LogP contribution is -2.13. The Labute approximate surface area is 175 Å². The van der Waals surface area contributed by atoms with Crippen LogP contribution >= 0.6 is 0 Å². The van der Waals surface area contributed by atoms with E-state index < -0.39 is 0 Å². The maximum absolute atomic E-state index is 12.7. The zero-order chi connectivity index (χ0) is 21.3. The summed E-state index contributed by atoms with van der Waals surface area (Å²) in [6, 6.07) is 17.1. The Kier molecular flexibility index (Phi) is 5.23. The van der Waals surface area contributed by atoms with Crippen molar-refractivity contribution >= 4 is 22.6 Å². The number of hydrogen-bond donors (Lipinski definition) is 1. The molecule has 0 aliphatic carbocycles. The highest BCUT2D eigenvalue weighted by Gasteiger charge is 2.12. The van der Waals surface area contributed by atoms with Crippen molar-refractivity contribution in [3.63, 3.8) is 0 Å². The van der Waals surface area contributed by atoms with Gasteiger partial charge in [0.1, 0.15) is 16.8 Å². The molecule has 0 fully saturated rings. The molecule has 6 nitrogen and oxygen atoms in total. The third-order valence-corrected chi connectivity index (χ3v) is 5.12. The molecule has 6 heteroatoms. The van der Waals surface area contributed by atoms with Crippen LogP contribution in [0.1, 0.15) is 34.0 Å². The van der Waals surface area contributed by atoms with Gasteiger partial charge in [-0.1, -0.05) is 6.07 Å². The van der Waals surface area contributed by atoms with Crippen LogP contribution in [0.25, 0.3) is 16.7 Å². The zero-order valence-electron chi connectivity index (χ0n) is 17.6. The SMILES string of the molecule is CCOc1ccc(-n2nc3cc(C)c(NC(=O)c4ccc(C)c(C)c4)cc3n2)cc1. The first-order valence-electron chi connectivity index (χ1n) is 9.94. The number of nitrogens with zero attached hydrogens (tertiary/aromatic N) is 3. The van der Waals surface area contributed by atoms with Crippen LogP contribution in [0, 0.1) is 20.8 Å². The van der Waals surface area contributed by atoms with E-state index in [0.29, 0.717) is 17.7 Å². The van der Waals surface area contributed by atoms with Crippen molar-refractivity contribution in [2.45, 2.75) is 27.7 Å². The first kappa shape index (κ1) is 19.6. The van der Waals surface area contributed by atoms with Gasteiger partial charge in [-0.25, -0.2) is 0 Å². The molecule has 1 N–H and O–H groups in total. The number of anilines is 1. The maximum atomic E-state index is 12.7. The van der Waals surface area contributed by atoms with Crippen LogP contribution in [0.5, 0.6) is 5.75 Å². The van der Waals surface area contributed by atoms with E-state index in [9.17, 15) is 4.79 Å². The molecule has 0 bridgehead atoms. The van der Waals surface area contributed by atoms with Crippen LogP contribution in [0.2, 0.25) is 0 Å². The number of aromatic nitrogens is 3. The van der Waals surface area contributed by atoms with Crippen LogP contribution in [-0.4, -0.2) is 27.5 Å². The van der Waals surface area contributed by atoms with Crippen molar-refractivity contribution in [1.82, 2.24) is 15.0 Å². The normalized spacial score (nSPS) is 10.9. The van der Waals surface area contributed by atoms with Crippen LogP contribution in [0.15, 0.2) is 54.6 Å². The van der Waals surface area contributed by atoms with Gasteiger partial charge in [-0.15, -0.1) is 10.2 Å². The average molecular weight is 400 g/mol. The molecule has 4 rings (SSSR count). The van der Waals surface area contributed by atoms with E-state index in [1.807, 2.05) is 82.3 Å². The van der Waals surface area contributed by atoms with Crippen LogP contribution in [0.4, 0.5) is 5.69 Å². The predicted molar refractivity (Wildman–Crippen MR) is 119 cm³/mol. The van der Waals surface area contributed by atoms with Crippen molar-refractivity contribution in [2.24, 2.45) is 0 Å². The number of amides is 1. The molecule has 0 aliphatic heterocycles. The van der Waals surface area contributed by atoms with Gasteiger partial charge in [-0.05, 0) is 92.9 Å². The monoisotopic (exact) mass is 400 g/mol. The fourth-order valence-electron chi connectivity index (χ4n) is 3.24. The molecule has 0 radical (unpaired) electrons. The molecule has 1 amide bonds. The second kappa shape index (κ2) is 7.99. The van der Waals surface area contributed by atoms with E-state index >= 15 is 0 Å². The van der Waals surface area contributed by atoms with E-state index in [1.54, 1.807) is 4.80 Å². The molecule has 3 aromatic carbocycles. The zero-order valence-corrected chi connectivity index (χ0v) is 17.6. The summed E-state index contributed by atoms with van der Waals surface area (Å²) in [4.78, 5) is 14.3. The van der Waals surface area contributed by atoms with E-state index in [1.165, 1.54) is 0 Å². The van der Waals surface area contributed by atoms with Gasteiger partial charge < -0.3 is 10.1 Å². The number of benzene rings is 3. The van der Waals surface area contributed by atoms with Gasteiger partial charge >= 0.3 is 0 Å². The summed E-state index contributed by atoms with van der Waals surface area (Å²) < 4.78 is 5.48. The van der Waals surface area contributed by atoms with Gasteiger partial charge in [0.25, 0.3) is 5.91 Å². The van der Waals surface area contributed by atoms with Crippen molar-refractivity contribution in [3.05, 3.63) is 76.9 Å². The third-order valence-electron chi connectivity index (χ3n) is 5.12. The number of hydrogen-bond acceptors (Lipinski definition) is 4. The predicted octanol–water partition coefficient (Wildman–Crippen LogP) is 5.00. The quantitative estimate of drug-likeness (QED) is 0.512. The molecule has 0 atom stereocenters. The molecule has 0 aliphatic rings. The standard InChI is InChI=1S/C24H24N4O2/c1-5-30-20-10-8-19(9-11-20)28-26-22-13-17(4)21(14-23(22)27-28)25-24(29)18-7-6-15(2)16(3)12-18/h6-14H,5H2,1-4H3,(H,25,29). The Morgan fingerprint density at radius 2 is 1.60 bits per heavy atom. The highest BCUT2D eigenvalue weighted by atomic mass is 16.5. The number of carbonyl (C=O) groups excluding carboxylic acids is 1. The van der Waals surface area contributed by atoms with Gasteiger partial charge in [-0.3, -0.25) is 4.79 Å². The summed E-state index contributed by atoms with van der Waals surface area (Å²) in [5.41, 5.74) is 6.87. The molecule has 4 aromatic rings. The van der Waals surface area contributed by atoms with Gasteiger partial charge in [0.05, 0.1) is 12.3 Å². The number of nitrogens with one attached hydrogen (secondary N) is 1. The van der Waals surface area contributed by atoms with Gasteiger partial charge in [0, 0.05) is 11.3 Å². The molecule has 1 heterocycles. The molecule has 0 saturated heterocycles. The van der Waals surface area contributed by atoms with Gasteiger partial charge in [0.15, 0.2) is 0 Å². The van der Waals surface area contributed by atoms with Crippen molar-refractivity contribution in [2.75, 3.05) is 11.9 Å². The summed E-state index contributed by atoms with van der Waals surface area (Å²) in [6.45, 7) is 8.56. The summed E-state index contributed by atoms with van der Waals surface area (Å²) in [5, 5.41) is 12.2. The first-order valence-corrected chi connectivity index (χ1v) is 9.94. The lowest BCUT2D eigenvalue weighted by Gasteiger charge is -2.09. The molecule has 152 valence electrons. The van der Waals surface area contributed by atoms with Gasteiger partial charge in [-0.2, -0.15) is 4.80 Å². The summed E-state index contributed by atoms with van der Waals surface area (Å²) in [6.07, 6.45) is 0. The maximum Gasteiger partial charge on any atom is 0.255 e. The minimum Gasteiger partial charge on any atom is -0.494 e. The Balaban J connectivity index is 1.61. The second-order valence-corrected chi connectivity index (χ2v) is 7.33. The van der Waals surface area contributed by atoms with Gasteiger partial charge in [0.2, 0.25) is 0 Å². The average Bonchev–Trinajstić information content (AvgIpc) is 3.13. The molecule has 0 saturated carbocycles. The van der Waals surface area contributed by atoms with Crippen molar-refractivity contribution in [3.8, 4) is 11.4 Å². The Morgan fingerprint density at radius 3 is 2.27 bits per heavy atom. The lowest BCUT2D eigenvalue weighted by atomic mass is 10.1. The Morgan fingerprint density at radius 1 is 0.900 bits per heavy atom. The summed E-state index contributed by atoms with van der Waals surface area (Å²) in [5.74, 6) is 0.671. The largest absolute Gasteiger partial charge is 0.494 e. The molecule has 1 aromatic heterocycles. The third kappa shape index (κ3) is 3.89. The number of aryl methyl sites for hydroxylation is 3. The molecule has 0 spiro atoms. The molecular weight excluding hydrogens is 376 g/mol. The number of rotatable bonds is 5. The van der Waals surface area contributed by atoms with Crippen LogP contribution < -0.4 is 10.1 Å². The smallest absolute Gasteiger partial charge is 0.255 e. The minimum atomic E-state index is -0.139. The van der Waals surface area contributed by atoms with E-state index in [4.69, 9.17) is 4.74 Å². The van der Waals surface area contributed by atoms with E-state index in [0.717, 1.165) is 39.3 Å². The van der Waals surface area contributed by atoms with Crippen LogP contribution in [0.3, 0.4) is 0 Å². The van der Waals surface area contributed by atoms with E-state index in [-0.39, 0.29) is 5.91 Å². The van der Waals surface area contributed by atoms with E-state index in [2.05, 4.69) is 15.5 Å². The number of fused-ring (bicyclic) bond motifs is 1. The molecular formula is C24H24N4O2. The fraction of sp³-hybridized carbons (Fsp3) is 0.208. The topological polar surface area (TPSA) is 69.0 Å². The summed E-state index contributed by atoms with van der Waals surface area (Å²) >= 11 is 0. The fourth-order valence-corrected chi connectivity index (χ4v) is 3.24. The highest BCUT2D eigenvalue weighted by molar-refractivity contribution is 6.05.